The van der Waals surface area contributed by atoms with Crippen molar-refractivity contribution in [3.63, 3.8) is 0 Å². The smallest absolute Gasteiger partial charge is 0.189 e. The Labute approximate surface area is 281 Å². The zero-order chi connectivity index (χ0) is 32.5. The predicted molar refractivity (Wildman–Crippen MR) is 201 cm³/mol. The van der Waals surface area contributed by atoms with Crippen molar-refractivity contribution in [3.05, 3.63) is 193 Å². The molecule has 0 spiro atoms. The van der Waals surface area contributed by atoms with Gasteiger partial charge in [-0.2, -0.15) is 5.26 Å². The summed E-state index contributed by atoms with van der Waals surface area (Å²) in [6.07, 6.45) is 0. The number of hydrogen-bond donors (Lipinski definition) is 0. The van der Waals surface area contributed by atoms with Crippen molar-refractivity contribution in [1.82, 2.24) is 4.57 Å². The van der Waals surface area contributed by atoms with E-state index in [1.54, 1.807) is 0 Å². The van der Waals surface area contributed by atoms with E-state index in [2.05, 4.69) is 173 Å². The van der Waals surface area contributed by atoms with E-state index in [4.69, 9.17) is 6.57 Å². The Morgan fingerprint density at radius 3 is 1.48 bits per heavy atom. The van der Waals surface area contributed by atoms with Crippen molar-refractivity contribution >= 4 is 56.3 Å². The van der Waals surface area contributed by atoms with Crippen molar-refractivity contribution in [3.8, 4) is 22.9 Å². The Morgan fingerprint density at radius 2 is 0.979 bits per heavy atom. The van der Waals surface area contributed by atoms with Crippen LogP contribution in [0.4, 0.5) is 5.69 Å². The maximum atomic E-state index is 10.5. The minimum Gasteiger partial charge on any atom is -0.310 e. The lowest BCUT2D eigenvalue weighted by molar-refractivity contribution is 1.18. The lowest BCUT2D eigenvalue weighted by atomic mass is 10.0. The largest absolute Gasteiger partial charge is 0.310 e. The minimum atomic E-state index is -2.89. The van der Waals surface area contributed by atoms with E-state index < -0.39 is 8.07 Å². The molecule has 7 aromatic carbocycles. The summed E-state index contributed by atoms with van der Waals surface area (Å²) >= 11 is 0. The number of fused-ring (bicyclic) bond motifs is 3. The van der Waals surface area contributed by atoms with E-state index in [0.717, 1.165) is 33.0 Å². The molecule has 8 rings (SSSR count). The quantitative estimate of drug-likeness (QED) is 0.104. The monoisotopic (exact) mass is 627 g/mol. The Bertz CT molecular complexity index is 2370. The summed E-state index contributed by atoms with van der Waals surface area (Å²) in [7, 11) is -2.89. The van der Waals surface area contributed by atoms with Crippen LogP contribution in [-0.2, 0) is 0 Å². The van der Waals surface area contributed by atoms with Crippen LogP contribution < -0.4 is 20.7 Å². The summed E-state index contributed by atoms with van der Waals surface area (Å²) in [5.41, 5.74) is 6.04. The maximum Gasteiger partial charge on any atom is 0.189 e. The molecule has 4 heteroatoms. The fourth-order valence-electron chi connectivity index (χ4n) is 7.30. The number of benzene rings is 7. The van der Waals surface area contributed by atoms with Gasteiger partial charge in [0, 0.05) is 16.5 Å². The average Bonchev–Trinajstić information content (AvgIpc) is 3.50. The fraction of sp³-hybridized carbons (Fsp3) is 0. The summed E-state index contributed by atoms with van der Waals surface area (Å²) in [6, 6.07) is 63.8. The van der Waals surface area contributed by atoms with Gasteiger partial charge in [0.15, 0.2) is 13.8 Å². The molecule has 48 heavy (non-hydrogen) atoms. The van der Waals surface area contributed by atoms with Gasteiger partial charge in [0.2, 0.25) is 0 Å². The second kappa shape index (κ2) is 12.0. The van der Waals surface area contributed by atoms with Crippen molar-refractivity contribution < 1.29 is 0 Å². The van der Waals surface area contributed by atoms with Gasteiger partial charge >= 0.3 is 0 Å². The van der Waals surface area contributed by atoms with Crippen molar-refractivity contribution in [2.75, 3.05) is 0 Å². The highest BCUT2D eigenvalue weighted by atomic mass is 28.3. The molecule has 0 fully saturated rings. The van der Waals surface area contributed by atoms with Crippen molar-refractivity contribution in [2.24, 2.45) is 0 Å². The molecular formula is C44H29N3Si. The molecule has 0 bridgehead atoms. The van der Waals surface area contributed by atoms with E-state index in [9.17, 15) is 5.26 Å². The summed E-state index contributed by atoms with van der Waals surface area (Å²) in [5, 5.41) is 17.6. The third-order valence-electron chi connectivity index (χ3n) is 9.32. The zero-order valence-corrected chi connectivity index (χ0v) is 27.1. The van der Waals surface area contributed by atoms with E-state index in [1.165, 1.54) is 26.3 Å². The molecule has 0 saturated heterocycles. The molecule has 0 aliphatic carbocycles. The van der Waals surface area contributed by atoms with Crippen LogP contribution in [0, 0.1) is 17.9 Å². The number of nitrogens with zero attached hydrogens (tertiary/aromatic N) is 3. The number of nitriles is 1. The van der Waals surface area contributed by atoms with Gasteiger partial charge in [-0.25, -0.2) is 4.85 Å². The molecule has 3 nitrogen and oxygen atoms in total. The normalized spacial score (nSPS) is 11.3. The van der Waals surface area contributed by atoms with Crippen LogP contribution >= 0.6 is 0 Å². The first-order chi connectivity index (χ1) is 23.7. The maximum absolute atomic E-state index is 10.5. The van der Waals surface area contributed by atoms with E-state index >= 15 is 0 Å². The summed E-state index contributed by atoms with van der Waals surface area (Å²) in [5.74, 6) is 0. The van der Waals surface area contributed by atoms with Gasteiger partial charge in [0.25, 0.3) is 0 Å². The molecule has 0 aliphatic heterocycles. The van der Waals surface area contributed by atoms with Crippen molar-refractivity contribution in [2.45, 2.75) is 0 Å². The first-order valence-electron chi connectivity index (χ1n) is 15.9. The lowest BCUT2D eigenvalue weighted by Gasteiger charge is -2.35. The molecule has 224 valence electrons. The van der Waals surface area contributed by atoms with Gasteiger partial charge in [-0.3, -0.25) is 0 Å². The van der Waals surface area contributed by atoms with Crippen LogP contribution in [0.5, 0.6) is 0 Å². The predicted octanol–water partition coefficient (Wildman–Crippen LogP) is 8.25. The molecule has 0 aliphatic rings. The van der Waals surface area contributed by atoms with Gasteiger partial charge in [0.05, 0.1) is 29.2 Å². The SMILES string of the molecule is [C-]#[N+]c1cc(-c2cc(C#N)cc([Si](c3ccccc3)(c3ccccc3)c3ccccc3)c2)cc(-n2c3ccccc3c3ccccc32)c1. The minimum absolute atomic E-state index is 0.547. The number of hydrogen-bond acceptors (Lipinski definition) is 1. The molecule has 0 saturated carbocycles. The van der Waals surface area contributed by atoms with Gasteiger partial charge in [-0.1, -0.05) is 133 Å². The van der Waals surface area contributed by atoms with Crippen LogP contribution in [-0.4, -0.2) is 12.6 Å². The second-order valence-electron chi connectivity index (χ2n) is 12.0. The number of rotatable bonds is 6. The van der Waals surface area contributed by atoms with E-state index in [1.807, 2.05) is 18.2 Å². The van der Waals surface area contributed by atoms with Crippen molar-refractivity contribution in [1.29, 1.82) is 5.26 Å². The van der Waals surface area contributed by atoms with Gasteiger partial charge in [-0.15, -0.1) is 0 Å². The van der Waals surface area contributed by atoms with Crippen LogP contribution in [0.1, 0.15) is 5.56 Å². The van der Waals surface area contributed by atoms with E-state index in [-0.39, 0.29) is 0 Å². The molecular weight excluding hydrogens is 599 g/mol. The number of para-hydroxylation sites is 2. The third kappa shape index (κ3) is 4.72. The van der Waals surface area contributed by atoms with Crippen LogP contribution in [0.2, 0.25) is 0 Å². The average molecular weight is 628 g/mol. The van der Waals surface area contributed by atoms with E-state index in [0.29, 0.717) is 11.3 Å². The Morgan fingerprint density at radius 1 is 0.500 bits per heavy atom. The van der Waals surface area contributed by atoms with Gasteiger partial charge in [0.1, 0.15) is 0 Å². The molecule has 0 unspecified atom stereocenters. The van der Waals surface area contributed by atoms with Gasteiger partial charge in [-0.05, 0) is 74.3 Å². The molecule has 0 radical (unpaired) electrons. The molecule has 1 heterocycles. The summed E-state index contributed by atoms with van der Waals surface area (Å²) in [4.78, 5) is 3.92. The molecule has 0 N–H and O–H groups in total. The fourth-order valence-corrected chi connectivity index (χ4v) is 12.1. The lowest BCUT2D eigenvalue weighted by Crippen LogP contribution is -2.74. The molecule has 0 atom stereocenters. The first kappa shape index (κ1) is 29.0. The highest BCUT2D eigenvalue weighted by Gasteiger charge is 2.41. The van der Waals surface area contributed by atoms with Crippen LogP contribution in [0.25, 0.3) is 43.5 Å². The standard InChI is InChI=1S/C44H29N3Si/c1-46-35-27-34(28-36(30-35)47-43-23-13-11-21-41(43)42-22-12-14-24-44(42)47)33-25-32(31-45)26-40(29-33)48(37-15-5-2-6-16-37,38-17-7-3-8-18-38)39-19-9-4-10-20-39/h2-30H. The zero-order valence-electron chi connectivity index (χ0n) is 26.1. The highest BCUT2D eigenvalue weighted by Crippen LogP contribution is 2.35. The molecule has 0 amide bonds. The molecule has 1 aromatic heterocycles. The Kier molecular flexibility index (Phi) is 7.27. The molecule has 8 aromatic rings. The van der Waals surface area contributed by atoms with Crippen LogP contribution in [0.15, 0.2) is 176 Å². The first-order valence-corrected chi connectivity index (χ1v) is 17.9. The van der Waals surface area contributed by atoms with Gasteiger partial charge < -0.3 is 4.57 Å². The summed E-state index contributed by atoms with van der Waals surface area (Å²) < 4.78 is 2.24. The van der Waals surface area contributed by atoms with Crippen LogP contribution in [0.3, 0.4) is 0 Å². The number of aromatic nitrogens is 1. The Hall–Kier alpha value is -6.46. The highest BCUT2D eigenvalue weighted by molar-refractivity contribution is 7.19. The summed E-state index contributed by atoms with van der Waals surface area (Å²) in [6.45, 7) is 8.08. The topological polar surface area (TPSA) is 33.1 Å². The Balaban J connectivity index is 1.43. The third-order valence-corrected chi connectivity index (χ3v) is 14.1. The second-order valence-corrected chi connectivity index (χ2v) is 15.8.